The Bertz CT molecular complexity index is 648. The number of halogens is 1. The Labute approximate surface area is 144 Å². The van der Waals surface area contributed by atoms with Gasteiger partial charge in [0, 0.05) is 22.5 Å². The average Bonchev–Trinajstić information content (AvgIpc) is 2.84. The van der Waals surface area contributed by atoms with E-state index in [9.17, 15) is 14.0 Å². The highest BCUT2D eigenvalue weighted by Crippen LogP contribution is 2.36. The molecule has 1 aliphatic heterocycles. The van der Waals surface area contributed by atoms with Gasteiger partial charge < -0.3 is 10.8 Å². The van der Waals surface area contributed by atoms with Crippen LogP contribution in [0.15, 0.2) is 18.2 Å². The van der Waals surface area contributed by atoms with Crippen molar-refractivity contribution < 1.29 is 19.1 Å². The summed E-state index contributed by atoms with van der Waals surface area (Å²) in [4.78, 5) is 24.3. The van der Waals surface area contributed by atoms with E-state index in [4.69, 9.17) is 10.8 Å². The van der Waals surface area contributed by atoms with Crippen molar-refractivity contribution in [3.05, 3.63) is 29.6 Å². The van der Waals surface area contributed by atoms with E-state index >= 15 is 0 Å². The van der Waals surface area contributed by atoms with Crippen molar-refractivity contribution in [1.82, 2.24) is 9.62 Å². The van der Waals surface area contributed by atoms with E-state index < -0.39 is 29.8 Å². The second-order valence-corrected chi connectivity index (χ2v) is 8.42. The lowest BCUT2D eigenvalue weighted by atomic mass is 9.92. The molecule has 0 aliphatic carbocycles. The van der Waals surface area contributed by atoms with E-state index in [2.05, 4.69) is 4.72 Å². The van der Waals surface area contributed by atoms with Crippen LogP contribution in [-0.2, 0) is 4.79 Å². The molecule has 2 atom stereocenters. The molecule has 0 saturated carbocycles. The largest absolute Gasteiger partial charge is 0.465 e. The Morgan fingerprint density at radius 3 is 2.71 bits per heavy atom. The highest BCUT2D eigenvalue weighted by atomic mass is 32.2. The van der Waals surface area contributed by atoms with Crippen LogP contribution in [-0.4, -0.2) is 33.3 Å². The highest BCUT2D eigenvalue weighted by Gasteiger charge is 2.42. The number of rotatable bonds is 4. The van der Waals surface area contributed by atoms with Crippen LogP contribution in [0.4, 0.5) is 14.9 Å². The highest BCUT2D eigenvalue weighted by molar-refractivity contribution is 7.98. The van der Waals surface area contributed by atoms with Crippen LogP contribution in [0.2, 0.25) is 0 Å². The van der Waals surface area contributed by atoms with E-state index in [1.807, 2.05) is 20.8 Å². The molecule has 2 unspecified atom stereocenters. The Morgan fingerprint density at radius 2 is 2.17 bits per heavy atom. The topological polar surface area (TPSA) is 95.7 Å². The molecule has 1 aromatic rings. The molecular formula is C16H22FN3O3S. The molecule has 132 valence electrons. The summed E-state index contributed by atoms with van der Waals surface area (Å²) in [6, 6.07) is 3.55. The second-order valence-electron chi connectivity index (χ2n) is 6.76. The van der Waals surface area contributed by atoms with Gasteiger partial charge in [-0.15, -0.1) is 0 Å². The Morgan fingerprint density at radius 1 is 1.50 bits per heavy atom. The van der Waals surface area contributed by atoms with E-state index in [1.54, 1.807) is 0 Å². The molecule has 24 heavy (non-hydrogen) atoms. The molecule has 6 nitrogen and oxygen atoms in total. The molecule has 2 rings (SSSR count). The summed E-state index contributed by atoms with van der Waals surface area (Å²) in [5.74, 6) is -1.65. The molecule has 0 aromatic heterocycles. The Balaban J connectivity index is 2.35. The number of nitrogens with two attached hydrogens (primary N) is 1. The number of amides is 2. The predicted octanol–water partition coefficient (Wildman–Crippen LogP) is 3.01. The first-order valence-corrected chi connectivity index (χ1v) is 8.44. The zero-order valence-corrected chi connectivity index (χ0v) is 14.7. The van der Waals surface area contributed by atoms with Gasteiger partial charge >= 0.3 is 6.09 Å². The predicted molar refractivity (Wildman–Crippen MR) is 91.9 cm³/mol. The summed E-state index contributed by atoms with van der Waals surface area (Å²) in [5.41, 5.74) is 6.43. The summed E-state index contributed by atoms with van der Waals surface area (Å²) in [5, 5.41) is 9.10. The second kappa shape index (κ2) is 6.98. The van der Waals surface area contributed by atoms with Gasteiger partial charge in [-0.3, -0.25) is 9.52 Å². The minimum Gasteiger partial charge on any atom is -0.465 e. The van der Waals surface area contributed by atoms with Crippen molar-refractivity contribution in [2.75, 3.05) is 12.3 Å². The standard InChI is InChI=1S/C16H22FN3O3S/c1-16(2,3)24-19-13(11-8-9(18)4-5-12(11)17)10-6-7-20(14(10)21)15(22)23/h4-5,8,10,13,19H,6-7,18H2,1-3H3,(H,22,23). The van der Waals surface area contributed by atoms with Crippen molar-refractivity contribution in [2.24, 2.45) is 5.92 Å². The molecule has 4 N–H and O–H groups in total. The number of hydrogen-bond donors (Lipinski definition) is 3. The maximum Gasteiger partial charge on any atom is 0.414 e. The third kappa shape index (κ3) is 4.18. The number of carboxylic acid groups (broad SMARTS) is 1. The first kappa shape index (κ1) is 18.5. The van der Waals surface area contributed by atoms with E-state index in [1.165, 1.54) is 30.1 Å². The number of nitrogens with one attached hydrogen (secondary N) is 1. The van der Waals surface area contributed by atoms with Crippen LogP contribution in [0.3, 0.4) is 0 Å². The zero-order chi connectivity index (χ0) is 18.1. The van der Waals surface area contributed by atoms with Crippen molar-refractivity contribution >= 4 is 29.6 Å². The first-order chi connectivity index (χ1) is 11.1. The number of anilines is 1. The normalized spacial score (nSPS) is 19.6. The van der Waals surface area contributed by atoms with Gasteiger partial charge in [0.25, 0.3) is 0 Å². The van der Waals surface area contributed by atoms with Crippen LogP contribution in [0.1, 0.15) is 38.8 Å². The average molecular weight is 355 g/mol. The van der Waals surface area contributed by atoms with Crippen LogP contribution in [0.25, 0.3) is 0 Å². The van der Waals surface area contributed by atoms with Gasteiger partial charge in [-0.1, -0.05) is 11.9 Å². The van der Waals surface area contributed by atoms with Gasteiger partial charge in [0.05, 0.1) is 12.0 Å². The molecule has 8 heteroatoms. The van der Waals surface area contributed by atoms with E-state index in [0.29, 0.717) is 12.1 Å². The summed E-state index contributed by atoms with van der Waals surface area (Å²) < 4.78 is 17.3. The molecule has 0 spiro atoms. The van der Waals surface area contributed by atoms with E-state index in [0.717, 1.165) is 4.90 Å². The molecule has 1 fully saturated rings. The van der Waals surface area contributed by atoms with Crippen LogP contribution in [0, 0.1) is 11.7 Å². The lowest BCUT2D eigenvalue weighted by molar-refractivity contribution is -0.129. The maximum atomic E-state index is 14.3. The SMILES string of the molecule is CC(C)(C)SNC(c1cc(N)ccc1F)C1CCN(C(=O)O)C1=O. The Kier molecular flexibility index (Phi) is 5.39. The number of carbonyl (C=O) groups is 2. The van der Waals surface area contributed by atoms with Gasteiger partial charge in [-0.05, 0) is 45.4 Å². The maximum absolute atomic E-state index is 14.3. The molecule has 2 amide bonds. The number of nitrogens with zero attached hydrogens (tertiary/aromatic N) is 1. The fourth-order valence-electron chi connectivity index (χ4n) is 2.60. The lowest BCUT2D eigenvalue weighted by Gasteiger charge is -2.28. The third-order valence-electron chi connectivity index (χ3n) is 3.73. The molecular weight excluding hydrogens is 333 g/mol. The quantitative estimate of drug-likeness (QED) is 0.568. The molecule has 1 heterocycles. The minimum absolute atomic E-state index is 0.112. The van der Waals surface area contributed by atoms with Crippen molar-refractivity contribution in [2.45, 2.75) is 38.0 Å². The van der Waals surface area contributed by atoms with Gasteiger partial charge in [-0.2, -0.15) is 0 Å². The van der Waals surface area contributed by atoms with Gasteiger partial charge in [0.15, 0.2) is 0 Å². The van der Waals surface area contributed by atoms with Gasteiger partial charge in [-0.25, -0.2) is 14.1 Å². The summed E-state index contributed by atoms with van der Waals surface area (Å²) in [6.45, 7) is 6.06. The number of carbonyl (C=O) groups excluding carboxylic acids is 1. The summed E-state index contributed by atoms with van der Waals surface area (Å²) >= 11 is 1.37. The first-order valence-electron chi connectivity index (χ1n) is 7.63. The van der Waals surface area contributed by atoms with Crippen LogP contribution < -0.4 is 10.5 Å². The van der Waals surface area contributed by atoms with Crippen molar-refractivity contribution in [3.8, 4) is 0 Å². The smallest absolute Gasteiger partial charge is 0.414 e. The minimum atomic E-state index is -1.28. The van der Waals surface area contributed by atoms with Gasteiger partial charge in [0.1, 0.15) is 5.82 Å². The number of likely N-dealkylation sites (tertiary alicyclic amines) is 1. The molecule has 1 saturated heterocycles. The third-order valence-corrected chi connectivity index (χ3v) is 4.71. The van der Waals surface area contributed by atoms with Crippen LogP contribution in [0.5, 0.6) is 0 Å². The molecule has 0 radical (unpaired) electrons. The summed E-state index contributed by atoms with van der Waals surface area (Å²) in [7, 11) is 0. The van der Waals surface area contributed by atoms with E-state index in [-0.39, 0.29) is 16.9 Å². The molecule has 0 bridgehead atoms. The summed E-state index contributed by atoms with van der Waals surface area (Å²) in [6.07, 6.45) is -0.945. The molecule has 1 aliphatic rings. The number of hydrogen-bond acceptors (Lipinski definition) is 5. The van der Waals surface area contributed by atoms with Crippen molar-refractivity contribution in [1.29, 1.82) is 0 Å². The zero-order valence-electron chi connectivity index (χ0n) is 13.9. The lowest BCUT2D eigenvalue weighted by Crippen LogP contribution is -2.37. The van der Waals surface area contributed by atoms with Crippen LogP contribution >= 0.6 is 11.9 Å². The molecule has 1 aromatic carbocycles. The fourth-order valence-corrected chi connectivity index (χ4v) is 3.38. The van der Waals surface area contributed by atoms with Gasteiger partial charge in [0.2, 0.25) is 5.91 Å². The Hall–Kier alpha value is -1.80. The monoisotopic (exact) mass is 355 g/mol. The van der Waals surface area contributed by atoms with Crippen molar-refractivity contribution in [3.63, 3.8) is 0 Å². The number of benzene rings is 1. The fraction of sp³-hybridized carbons (Fsp3) is 0.500. The number of nitrogen functional groups attached to an aromatic ring is 1. The number of imide groups is 1.